The van der Waals surface area contributed by atoms with Crippen molar-refractivity contribution < 1.29 is 51.0 Å². The third kappa shape index (κ3) is 19.3. The van der Waals surface area contributed by atoms with E-state index in [1.807, 2.05) is 0 Å². The number of hydrogen-bond donors (Lipinski definition) is 0. The fourth-order valence-corrected chi connectivity index (χ4v) is 1.03. The Labute approximate surface area is 151 Å². The van der Waals surface area contributed by atoms with E-state index in [1.54, 1.807) is 0 Å². The summed E-state index contributed by atoms with van der Waals surface area (Å²) in [6, 6.07) is 0. The predicted molar refractivity (Wildman–Crippen MR) is 71.3 cm³/mol. The van der Waals surface area contributed by atoms with Crippen LogP contribution in [0.2, 0.25) is 11.5 Å². The molecule has 0 amide bonds. The van der Waals surface area contributed by atoms with Crippen LogP contribution in [0.15, 0.2) is 35.5 Å². The van der Waals surface area contributed by atoms with E-state index in [-0.39, 0.29) is 51.0 Å². The maximum absolute atomic E-state index is 3.12. The fraction of sp³-hybridized carbons (Fsp3) is 0.429. The fourth-order valence-electron chi connectivity index (χ4n) is 1.03. The molecule has 0 spiro atoms. The Bertz CT molecular complexity index is 248. The molecule has 18 heavy (non-hydrogen) atoms. The summed E-state index contributed by atoms with van der Waals surface area (Å²) in [6.07, 6.45) is 16.7. The molecule has 4 heteroatoms. The maximum Gasteiger partial charge on any atom is 4.00 e. The Hall–Kier alpha value is 0.966. The monoisotopic (exact) mass is 423 g/mol. The normalized spacial score (nSPS) is 13.3. The Morgan fingerprint density at radius 1 is 0.889 bits per heavy atom. The molecular weight excluding hydrogens is 403 g/mol. The van der Waals surface area contributed by atoms with Crippen LogP contribution in [-0.2, 0) is 26.2 Å². The first-order valence-electron chi connectivity index (χ1n) is 5.42. The molecule has 0 aliphatic heterocycles. The molecule has 2 aliphatic rings. The van der Waals surface area contributed by atoms with Crippen molar-refractivity contribution in [2.45, 2.75) is 38.2 Å². The minimum Gasteiger partial charge on any atom is -1.00 e. The minimum atomic E-state index is 0. The van der Waals surface area contributed by atoms with Gasteiger partial charge < -0.3 is 24.8 Å². The molecular formula is C14H21Cl2GeZr. The van der Waals surface area contributed by atoms with Crippen molar-refractivity contribution in [1.29, 1.82) is 0 Å². The van der Waals surface area contributed by atoms with Crippen LogP contribution >= 0.6 is 0 Å². The van der Waals surface area contributed by atoms with Crippen LogP contribution in [-0.4, -0.2) is 15.4 Å². The number of halogens is 2. The van der Waals surface area contributed by atoms with E-state index >= 15 is 0 Å². The molecule has 0 aromatic heterocycles. The van der Waals surface area contributed by atoms with E-state index in [9.17, 15) is 0 Å². The Kier molecular flexibility index (Phi) is 30.8. The first-order chi connectivity index (χ1) is 7.20. The van der Waals surface area contributed by atoms with Gasteiger partial charge in [-0.15, -0.1) is 12.8 Å². The maximum atomic E-state index is 3.12. The van der Waals surface area contributed by atoms with Gasteiger partial charge in [0.05, 0.1) is 0 Å². The van der Waals surface area contributed by atoms with Crippen LogP contribution in [0.4, 0.5) is 0 Å². The molecule has 0 saturated heterocycles. The van der Waals surface area contributed by atoms with Crippen molar-refractivity contribution in [2.24, 2.45) is 0 Å². The van der Waals surface area contributed by atoms with E-state index in [0.29, 0.717) is 15.4 Å². The smallest absolute Gasteiger partial charge is 1.00 e. The molecule has 99 valence electrons. The molecule has 0 fully saturated rings. The second kappa shape index (κ2) is 20.3. The minimum absolute atomic E-state index is 0. The van der Waals surface area contributed by atoms with E-state index in [1.165, 1.54) is 11.1 Å². The van der Waals surface area contributed by atoms with E-state index in [0.717, 1.165) is 12.8 Å². The van der Waals surface area contributed by atoms with Crippen molar-refractivity contribution in [1.82, 2.24) is 0 Å². The third-order valence-electron chi connectivity index (χ3n) is 1.73. The van der Waals surface area contributed by atoms with Crippen LogP contribution in [0, 0.1) is 12.2 Å². The average Bonchev–Trinajstić information content (AvgIpc) is 2.81. The second-order valence-corrected chi connectivity index (χ2v) is 5.93. The largest absolute Gasteiger partial charge is 4.00 e. The van der Waals surface area contributed by atoms with E-state index in [4.69, 9.17) is 0 Å². The summed E-state index contributed by atoms with van der Waals surface area (Å²) in [4.78, 5) is 0. The summed E-state index contributed by atoms with van der Waals surface area (Å²) in [5.41, 5.74) is 2.55. The van der Waals surface area contributed by atoms with Gasteiger partial charge >= 0.3 is 53.1 Å². The summed E-state index contributed by atoms with van der Waals surface area (Å²) < 4.78 is 0. The van der Waals surface area contributed by atoms with Gasteiger partial charge in [0, 0.05) is 0 Å². The number of allylic oxidation sites excluding steroid dienone is 8. The zero-order valence-corrected chi connectivity index (χ0v) is 17.9. The van der Waals surface area contributed by atoms with Crippen molar-refractivity contribution in [2.75, 3.05) is 0 Å². The van der Waals surface area contributed by atoms with Crippen LogP contribution < -0.4 is 24.8 Å². The molecule has 0 heterocycles. The van der Waals surface area contributed by atoms with Gasteiger partial charge in [-0.2, -0.15) is 12.2 Å². The van der Waals surface area contributed by atoms with Crippen LogP contribution in [0.3, 0.4) is 0 Å². The topological polar surface area (TPSA) is 0 Å². The predicted octanol–water partition coefficient (Wildman–Crippen LogP) is -2.08. The molecule has 0 atom stereocenters. The molecule has 0 aromatic carbocycles. The first-order valence-corrected chi connectivity index (χ1v) is 10.3. The van der Waals surface area contributed by atoms with Gasteiger partial charge in [-0.1, -0.05) is 13.8 Å². The summed E-state index contributed by atoms with van der Waals surface area (Å²) >= 11 is 0.312. The molecule has 0 bridgehead atoms. The van der Waals surface area contributed by atoms with Gasteiger partial charge in [0.15, 0.2) is 0 Å². The van der Waals surface area contributed by atoms with Crippen molar-refractivity contribution >= 4 is 15.4 Å². The Morgan fingerprint density at radius 2 is 1.17 bits per heavy atom. The molecule has 2 aliphatic carbocycles. The van der Waals surface area contributed by atoms with Gasteiger partial charge in [-0.25, -0.2) is 23.3 Å². The van der Waals surface area contributed by atoms with E-state index in [2.05, 4.69) is 61.8 Å². The first kappa shape index (κ1) is 27.3. The van der Waals surface area contributed by atoms with Gasteiger partial charge in [0.25, 0.3) is 0 Å². The molecule has 0 nitrogen and oxygen atoms in total. The van der Waals surface area contributed by atoms with Crippen LogP contribution in [0.5, 0.6) is 0 Å². The van der Waals surface area contributed by atoms with Crippen molar-refractivity contribution in [3.8, 4) is 0 Å². The molecule has 1 radical (unpaired) electrons. The van der Waals surface area contributed by atoms with Gasteiger partial charge in [0.1, 0.15) is 0 Å². The van der Waals surface area contributed by atoms with Gasteiger partial charge in [0.2, 0.25) is 0 Å². The Balaban J connectivity index is -0.0000000793. The summed E-state index contributed by atoms with van der Waals surface area (Å²) in [5, 5.41) is 0. The number of hydrogen-bond acceptors (Lipinski definition) is 0. The quantitative estimate of drug-likeness (QED) is 0.310. The third-order valence-corrected chi connectivity index (χ3v) is 1.73. The van der Waals surface area contributed by atoms with E-state index < -0.39 is 0 Å². The molecule has 2 rings (SSSR count). The SMILES string of the molecule is CC1=[C-]CC=C1.CC1=[C-]CC=C1.[CH3][GeH][CH3].[Cl-].[Cl-].[Zr+4]. The van der Waals surface area contributed by atoms with Crippen LogP contribution in [0.1, 0.15) is 26.7 Å². The summed E-state index contributed by atoms with van der Waals surface area (Å²) in [5.74, 6) is 4.56. The molecule has 0 saturated carbocycles. The van der Waals surface area contributed by atoms with Gasteiger partial charge in [-0.05, 0) is 0 Å². The van der Waals surface area contributed by atoms with Crippen molar-refractivity contribution in [3.05, 3.63) is 47.6 Å². The molecule has 0 aromatic rings. The standard InChI is InChI=1S/2C6H7.C2H7Ge.2ClH.Zr/c2*1-6-4-2-3-5-6;1-3-2;;;/h2*2,4H,3H2,1H3;3H,1-2H3;2*1H;/q2*-1;;;;+4/p-2. The Morgan fingerprint density at radius 3 is 1.22 bits per heavy atom. The average molecular weight is 424 g/mol. The van der Waals surface area contributed by atoms with Gasteiger partial charge in [-0.3, -0.25) is 12.2 Å². The van der Waals surface area contributed by atoms with Crippen LogP contribution in [0.25, 0.3) is 0 Å². The zero-order valence-electron chi connectivity index (χ0n) is 11.6. The second-order valence-electron chi connectivity index (χ2n) is 3.51. The summed E-state index contributed by atoms with van der Waals surface area (Å²) in [7, 11) is 0. The zero-order chi connectivity index (χ0) is 11.5. The molecule has 0 unspecified atom stereocenters. The molecule has 0 N–H and O–H groups in total. The number of rotatable bonds is 0. The van der Waals surface area contributed by atoms with Crippen molar-refractivity contribution in [3.63, 3.8) is 0 Å². The summed E-state index contributed by atoms with van der Waals surface area (Å²) in [6.45, 7) is 4.12.